The van der Waals surface area contributed by atoms with Crippen LogP contribution in [0.4, 0.5) is 5.69 Å². The van der Waals surface area contributed by atoms with Crippen molar-refractivity contribution in [2.45, 2.75) is 26.2 Å². The second kappa shape index (κ2) is 8.55. The molecule has 1 atom stereocenters. The van der Waals surface area contributed by atoms with Gasteiger partial charge in [-0.2, -0.15) is 4.98 Å². The summed E-state index contributed by atoms with van der Waals surface area (Å²) >= 11 is 0. The van der Waals surface area contributed by atoms with Crippen molar-refractivity contribution in [1.29, 1.82) is 0 Å². The van der Waals surface area contributed by atoms with Crippen LogP contribution in [-0.2, 0) is 17.9 Å². The minimum atomic E-state index is -0.573. The Hall–Kier alpha value is -4.13. The molecule has 32 heavy (non-hydrogen) atoms. The number of hydrogen-bond donors (Lipinski definition) is 0. The van der Waals surface area contributed by atoms with E-state index in [-0.39, 0.29) is 12.5 Å². The summed E-state index contributed by atoms with van der Waals surface area (Å²) < 4.78 is 16.9. The molecular weight excluding hydrogens is 406 g/mol. The zero-order valence-electron chi connectivity index (χ0n) is 17.5. The quantitative estimate of drug-likeness (QED) is 0.447. The number of aromatic nitrogens is 2. The van der Waals surface area contributed by atoms with Crippen LogP contribution in [0.5, 0.6) is 11.5 Å². The first-order valence-electron chi connectivity index (χ1n) is 10.3. The van der Waals surface area contributed by atoms with E-state index in [2.05, 4.69) is 10.1 Å². The third-order valence-corrected chi connectivity index (χ3v) is 5.20. The number of hydrogen-bond acceptors (Lipinski definition) is 6. The van der Waals surface area contributed by atoms with Crippen molar-refractivity contribution in [1.82, 2.24) is 10.1 Å². The number of anilines is 1. The Morgan fingerprint density at radius 2 is 1.72 bits per heavy atom. The molecule has 1 amide bonds. The molecule has 5 rings (SSSR count). The van der Waals surface area contributed by atoms with Crippen LogP contribution in [0.1, 0.15) is 18.4 Å². The Balaban J connectivity index is 1.28. The van der Waals surface area contributed by atoms with Gasteiger partial charge in [0.05, 0.1) is 5.69 Å². The smallest absolute Gasteiger partial charge is 0.268 e. The van der Waals surface area contributed by atoms with Gasteiger partial charge in [0, 0.05) is 5.56 Å². The number of carbonyl (C=O) groups excluding carboxylic acids is 1. The summed E-state index contributed by atoms with van der Waals surface area (Å²) in [6, 6.07) is 24.9. The molecule has 3 aromatic carbocycles. The molecule has 0 saturated carbocycles. The predicted molar refractivity (Wildman–Crippen MR) is 118 cm³/mol. The van der Waals surface area contributed by atoms with Crippen molar-refractivity contribution < 1.29 is 18.8 Å². The summed E-state index contributed by atoms with van der Waals surface area (Å²) in [6.07, 6.45) is -0.573. The zero-order chi connectivity index (χ0) is 21.9. The highest BCUT2D eigenvalue weighted by Crippen LogP contribution is 2.34. The van der Waals surface area contributed by atoms with Crippen LogP contribution < -0.4 is 14.4 Å². The molecule has 1 aliphatic heterocycles. The Kier molecular flexibility index (Phi) is 5.29. The average molecular weight is 427 g/mol. The highest BCUT2D eigenvalue weighted by Gasteiger charge is 2.32. The van der Waals surface area contributed by atoms with Crippen LogP contribution in [0.2, 0.25) is 0 Å². The monoisotopic (exact) mass is 427 g/mol. The molecule has 0 unspecified atom stereocenters. The number of para-hydroxylation sites is 2. The average Bonchev–Trinajstić information content (AvgIpc) is 3.30. The van der Waals surface area contributed by atoms with Crippen molar-refractivity contribution in [2.24, 2.45) is 0 Å². The van der Waals surface area contributed by atoms with E-state index in [4.69, 9.17) is 14.0 Å². The van der Waals surface area contributed by atoms with E-state index in [1.165, 1.54) is 0 Å². The fourth-order valence-corrected chi connectivity index (χ4v) is 3.53. The molecule has 4 aromatic rings. The van der Waals surface area contributed by atoms with Crippen molar-refractivity contribution in [2.75, 3.05) is 4.90 Å². The van der Waals surface area contributed by atoms with Gasteiger partial charge in [-0.1, -0.05) is 47.6 Å². The summed E-state index contributed by atoms with van der Waals surface area (Å²) in [7, 11) is 0. The predicted octanol–water partition coefficient (Wildman–Crippen LogP) is 4.63. The number of rotatable bonds is 6. The van der Waals surface area contributed by atoms with E-state index < -0.39 is 6.10 Å². The first kappa shape index (κ1) is 19.8. The van der Waals surface area contributed by atoms with E-state index in [1.807, 2.05) is 78.9 Å². The highest BCUT2D eigenvalue weighted by atomic mass is 16.5. The minimum absolute atomic E-state index is 0.150. The summed E-state index contributed by atoms with van der Waals surface area (Å²) in [5.41, 5.74) is 2.59. The largest absolute Gasteiger partial charge is 0.489 e. The van der Waals surface area contributed by atoms with Crippen molar-refractivity contribution in [3.63, 3.8) is 0 Å². The van der Waals surface area contributed by atoms with Crippen molar-refractivity contribution in [3.05, 3.63) is 90.3 Å². The second-order valence-electron chi connectivity index (χ2n) is 7.46. The zero-order valence-corrected chi connectivity index (χ0v) is 17.5. The van der Waals surface area contributed by atoms with E-state index in [9.17, 15) is 4.79 Å². The molecule has 0 saturated heterocycles. The van der Waals surface area contributed by atoms with Crippen LogP contribution in [0.15, 0.2) is 83.4 Å². The fourth-order valence-electron chi connectivity index (χ4n) is 3.53. The van der Waals surface area contributed by atoms with Gasteiger partial charge in [0.25, 0.3) is 5.91 Å². The molecule has 7 nitrogen and oxygen atoms in total. The summed E-state index contributed by atoms with van der Waals surface area (Å²) in [4.78, 5) is 18.8. The van der Waals surface area contributed by atoms with Crippen LogP contribution in [-0.4, -0.2) is 22.2 Å². The Morgan fingerprint density at radius 1 is 0.969 bits per heavy atom. The van der Waals surface area contributed by atoms with E-state index in [1.54, 1.807) is 11.8 Å². The normalized spacial score (nSPS) is 15.2. The SMILES string of the molecule is C[C@H]1Oc2ccccc2N(Cc2nc(-c3ccc(OCc4ccccc4)cc3)no2)C1=O. The number of benzene rings is 3. The molecule has 1 aromatic heterocycles. The number of ether oxygens (including phenoxy) is 2. The molecule has 7 heteroatoms. The molecule has 0 radical (unpaired) electrons. The van der Waals surface area contributed by atoms with Gasteiger partial charge in [0.2, 0.25) is 11.7 Å². The lowest BCUT2D eigenvalue weighted by molar-refractivity contribution is -0.125. The Morgan fingerprint density at radius 3 is 2.53 bits per heavy atom. The van der Waals surface area contributed by atoms with Gasteiger partial charge in [0.15, 0.2) is 6.10 Å². The first-order chi connectivity index (χ1) is 15.7. The van der Waals surface area contributed by atoms with Gasteiger partial charge in [-0.05, 0) is 48.9 Å². The van der Waals surface area contributed by atoms with Crippen molar-refractivity contribution in [3.8, 4) is 22.9 Å². The lowest BCUT2D eigenvalue weighted by Gasteiger charge is -2.31. The molecule has 0 aliphatic carbocycles. The minimum Gasteiger partial charge on any atom is -0.489 e. The summed E-state index contributed by atoms with van der Waals surface area (Å²) in [6.45, 7) is 2.40. The topological polar surface area (TPSA) is 77.7 Å². The summed E-state index contributed by atoms with van der Waals surface area (Å²) in [5.74, 6) is 2.07. The third kappa shape index (κ3) is 4.05. The van der Waals surface area contributed by atoms with Crippen LogP contribution in [0, 0.1) is 0 Å². The first-order valence-corrected chi connectivity index (χ1v) is 10.3. The number of fused-ring (bicyclic) bond motifs is 1. The second-order valence-corrected chi connectivity index (χ2v) is 7.46. The third-order valence-electron chi connectivity index (χ3n) is 5.20. The lowest BCUT2D eigenvalue weighted by Crippen LogP contribution is -2.44. The van der Waals surface area contributed by atoms with Gasteiger partial charge in [-0.25, -0.2) is 0 Å². The molecule has 160 valence electrons. The number of carbonyl (C=O) groups is 1. The molecular formula is C25H21N3O4. The molecule has 0 spiro atoms. The van der Waals surface area contributed by atoms with Crippen LogP contribution in [0.25, 0.3) is 11.4 Å². The van der Waals surface area contributed by atoms with Gasteiger partial charge >= 0.3 is 0 Å². The van der Waals surface area contributed by atoms with Gasteiger partial charge in [-0.15, -0.1) is 0 Å². The number of nitrogens with zero attached hydrogens (tertiary/aromatic N) is 3. The van der Waals surface area contributed by atoms with Crippen LogP contribution >= 0.6 is 0 Å². The van der Waals surface area contributed by atoms with Crippen LogP contribution in [0.3, 0.4) is 0 Å². The Labute approximate surface area is 185 Å². The standard InChI is InChI=1S/C25H21N3O4/c1-17-25(29)28(21-9-5-6-10-22(21)31-17)15-23-26-24(27-32-23)19-11-13-20(14-12-19)30-16-18-7-3-2-4-8-18/h2-14,17H,15-16H2,1H3/t17-/m1/s1. The van der Waals surface area contributed by atoms with E-state index >= 15 is 0 Å². The molecule has 0 bridgehead atoms. The molecule has 0 N–H and O–H groups in total. The molecule has 0 fully saturated rings. The fraction of sp³-hybridized carbons (Fsp3) is 0.160. The maximum atomic E-state index is 12.7. The van der Waals surface area contributed by atoms with E-state index in [0.717, 1.165) is 16.9 Å². The van der Waals surface area contributed by atoms with Gasteiger partial charge in [0.1, 0.15) is 24.7 Å². The maximum Gasteiger partial charge on any atom is 0.268 e. The van der Waals surface area contributed by atoms with Gasteiger partial charge in [-0.3, -0.25) is 9.69 Å². The van der Waals surface area contributed by atoms with Crippen molar-refractivity contribution >= 4 is 11.6 Å². The number of amides is 1. The molecule has 1 aliphatic rings. The lowest BCUT2D eigenvalue weighted by atomic mass is 10.2. The molecule has 2 heterocycles. The van der Waals surface area contributed by atoms with Gasteiger partial charge < -0.3 is 14.0 Å². The summed E-state index contributed by atoms with van der Waals surface area (Å²) in [5, 5.41) is 4.08. The Bertz CT molecular complexity index is 1220. The van der Waals surface area contributed by atoms with E-state index in [0.29, 0.717) is 29.8 Å². The highest BCUT2D eigenvalue weighted by molar-refractivity contribution is 5.99. The maximum absolute atomic E-state index is 12.7.